The van der Waals surface area contributed by atoms with Gasteiger partial charge in [-0.3, -0.25) is 4.79 Å². The number of carbonyl (C=O) groups excluding carboxylic acids is 2. The number of thioether (sulfide) groups is 1. The Bertz CT molecular complexity index is 893. The summed E-state index contributed by atoms with van der Waals surface area (Å²) in [5.74, 6) is -0.286. The molecule has 6 nitrogen and oxygen atoms in total. The molecule has 8 heteroatoms. The van der Waals surface area contributed by atoms with E-state index >= 15 is 0 Å². The summed E-state index contributed by atoms with van der Waals surface area (Å²) in [5, 5.41) is 8.54. The second-order valence-electron chi connectivity index (χ2n) is 5.94. The van der Waals surface area contributed by atoms with Crippen molar-refractivity contribution in [2.24, 2.45) is 4.99 Å². The van der Waals surface area contributed by atoms with Crippen LogP contribution in [0, 0.1) is 0 Å². The van der Waals surface area contributed by atoms with Crippen LogP contribution in [0.3, 0.4) is 0 Å². The van der Waals surface area contributed by atoms with E-state index in [1.807, 2.05) is 54.8 Å². The maximum Gasteiger partial charge on any atom is 0.338 e. The summed E-state index contributed by atoms with van der Waals surface area (Å²) >= 11 is 2.84. The van der Waals surface area contributed by atoms with Crippen LogP contribution in [-0.2, 0) is 14.3 Å². The zero-order chi connectivity index (χ0) is 19.9. The van der Waals surface area contributed by atoms with Crippen LogP contribution in [0.1, 0.15) is 24.8 Å². The number of benzene rings is 1. The smallest absolute Gasteiger partial charge is 0.338 e. The van der Waals surface area contributed by atoms with Crippen LogP contribution >= 0.6 is 23.1 Å². The van der Waals surface area contributed by atoms with Gasteiger partial charge >= 0.3 is 5.97 Å². The molecule has 1 amide bonds. The predicted molar refractivity (Wildman–Crippen MR) is 114 cm³/mol. The molecule has 28 heavy (non-hydrogen) atoms. The Balaban J connectivity index is 1.71. The molecule has 1 aromatic heterocycles. The average Bonchev–Trinajstić information content (AvgIpc) is 3.21. The van der Waals surface area contributed by atoms with Gasteiger partial charge in [0.15, 0.2) is 5.17 Å². The molecule has 0 spiro atoms. The Morgan fingerprint density at radius 1 is 1.25 bits per heavy atom. The van der Waals surface area contributed by atoms with E-state index in [9.17, 15) is 9.59 Å². The lowest BCUT2D eigenvalue weighted by Gasteiger charge is -2.24. The van der Waals surface area contributed by atoms with Gasteiger partial charge < -0.3 is 15.4 Å². The fourth-order valence-corrected chi connectivity index (χ4v) is 4.22. The average molecular weight is 416 g/mol. The monoisotopic (exact) mass is 415 g/mol. The molecule has 2 aromatic rings. The fraction of sp³-hybridized carbons (Fsp3) is 0.250. The molecular formula is C20H21N3O3S2. The first kappa shape index (κ1) is 20.2. The molecule has 1 atom stereocenters. The normalized spacial score (nSPS) is 16.2. The Morgan fingerprint density at radius 3 is 2.71 bits per heavy atom. The summed E-state index contributed by atoms with van der Waals surface area (Å²) in [4.78, 5) is 30.3. The first-order valence-corrected chi connectivity index (χ1v) is 10.7. The van der Waals surface area contributed by atoms with Crippen molar-refractivity contribution in [2.45, 2.75) is 19.9 Å². The number of aliphatic imine (C=N–C) groups is 1. The number of hydrogen-bond acceptors (Lipinski definition) is 7. The highest BCUT2D eigenvalue weighted by Gasteiger charge is 2.31. The number of rotatable bonds is 6. The van der Waals surface area contributed by atoms with E-state index < -0.39 is 6.04 Å². The van der Waals surface area contributed by atoms with E-state index in [0.717, 1.165) is 10.6 Å². The molecule has 0 radical (unpaired) electrons. The number of thiophene rings is 1. The Labute approximate surface area is 172 Å². The van der Waals surface area contributed by atoms with Crippen LogP contribution in [-0.4, -0.2) is 29.4 Å². The van der Waals surface area contributed by atoms with Crippen LogP contribution in [0.4, 0.5) is 5.69 Å². The minimum atomic E-state index is -0.431. The van der Waals surface area contributed by atoms with Gasteiger partial charge in [0.1, 0.15) is 6.04 Å². The van der Waals surface area contributed by atoms with E-state index in [1.54, 1.807) is 6.92 Å². The third-order valence-electron chi connectivity index (χ3n) is 3.92. The highest BCUT2D eigenvalue weighted by Crippen LogP contribution is 2.35. The zero-order valence-electron chi connectivity index (χ0n) is 15.6. The molecular weight excluding hydrogens is 394 g/mol. The van der Waals surface area contributed by atoms with Gasteiger partial charge in [-0.25, -0.2) is 9.79 Å². The molecule has 3 rings (SSSR count). The molecule has 0 unspecified atom stereocenters. The van der Waals surface area contributed by atoms with Crippen molar-refractivity contribution < 1.29 is 14.3 Å². The van der Waals surface area contributed by atoms with Crippen molar-refractivity contribution in [3.05, 3.63) is 64.0 Å². The molecule has 0 fully saturated rings. The van der Waals surface area contributed by atoms with E-state index in [-0.39, 0.29) is 17.6 Å². The lowest BCUT2D eigenvalue weighted by Crippen LogP contribution is -2.31. The van der Waals surface area contributed by atoms with E-state index in [1.165, 1.54) is 23.1 Å². The standard InChI is InChI=1S/C20H21N3O3S2/c1-3-26-19(25)17-13(2)21-20(23-18(17)15-10-7-11-27-15)28-12-16(24)22-14-8-5-4-6-9-14/h4-11,18H,3,12H2,1-2H3,(H,21,23)(H,22,24)/t18-/m0/s1. The van der Waals surface area contributed by atoms with Gasteiger partial charge in [0.05, 0.1) is 17.9 Å². The van der Waals surface area contributed by atoms with Gasteiger partial charge in [-0.05, 0) is 37.4 Å². The van der Waals surface area contributed by atoms with Crippen molar-refractivity contribution in [3.8, 4) is 0 Å². The Kier molecular flexibility index (Phi) is 6.89. The first-order valence-electron chi connectivity index (χ1n) is 8.82. The minimum absolute atomic E-state index is 0.119. The van der Waals surface area contributed by atoms with Crippen LogP contribution in [0.15, 0.2) is 64.1 Å². The van der Waals surface area contributed by atoms with Gasteiger partial charge in [-0.15, -0.1) is 11.3 Å². The molecule has 0 saturated carbocycles. The number of carbonyl (C=O) groups is 2. The van der Waals surface area contributed by atoms with E-state index in [2.05, 4.69) is 15.6 Å². The number of nitrogens with zero attached hydrogens (tertiary/aromatic N) is 1. The van der Waals surface area contributed by atoms with Crippen LogP contribution in [0.5, 0.6) is 0 Å². The highest BCUT2D eigenvalue weighted by atomic mass is 32.2. The second kappa shape index (κ2) is 9.57. The quantitative estimate of drug-likeness (QED) is 0.698. The summed E-state index contributed by atoms with van der Waals surface area (Å²) in [5.41, 5.74) is 1.95. The number of hydrogen-bond donors (Lipinski definition) is 2. The van der Waals surface area contributed by atoms with Gasteiger partial charge in [0, 0.05) is 16.3 Å². The van der Waals surface area contributed by atoms with Crippen LogP contribution in [0.2, 0.25) is 0 Å². The molecule has 0 saturated heterocycles. The lowest BCUT2D eigenvalue weighted by molar-refractivity contribution is -0.139. The third-order valence-corrected chi connectivity index (χ3v) is 5.74. The molecule has 2 N–H and O–H groups in total. The summed E-state index contributed by atoms with van der Waals surface area (Å²) in [6.07, 6.45) is 0. The van der Waals surface area contributed by atoms with Crippen molar-refractivity contribution in [2.75, 3.05) is 17.7 Å². The second-order valence-corrected chi connectivity index (χ2v) is 7.88. The molecule has 1 aliphatic rings. The van der Waals surface area contributed by atoms with E-state index in [4.69, 9.17) is 4.74 Å². The van der Waals surface area contributed by atoms with Crippen molar-refractivity contribution in [3.63, 3.8) is 0 Å². The number of nitrogens with one attached hydrogen (secondary N) is 2. The summed E-state index contributed by atoms with van der Waals surface area (Å²) in [6.45, 7) is 3.91. The van der Waals surface area contributed by atoms with Gasteiger partial charge in [0.25, 0.3) is 0 Å². The Morgan fingerprint density at radius 2 is 2.04 bits per heavy atom. The predicted octanol–water partition coefficient (Wildman–Crippen LogP) is 3.96. The summed E-state index contributed by atoms with van der Waals surface area (Å²) < 4.78 is 5.21. The third kappa shape index (κ3) is 5.02. The minimum Gasteiger partial charge on any atom is -0.463 e. The number of para-hydroxylation sites is 1. The molecule has 146 valence electrons. The summed E-state index contributed by atoms with van der Waals surface area (Å²) in [6, 6.07) is 12.7. The van der Waals surface area contributed by atoms with Crippen molar-refractivity contribution in [1.82, 2.24) is 5.32 Å². The largest absolute Gasteiger partial charge is 0.463 e. The lowest BCUT2D eigenvalue weighted by atomic mass is 10.0. The maximum absolute atomic E-state index is 12.4. The Hall–Kier alpha value is -2.58. The molecule has 1 aromatic carbocycles. The topological polar surface area (TPSA) is 79.8 Å². The molecule has 2 heterocycles. The first-order chi connectivity index (χ1) is 13.6. The number of amides is 1. The molecule has 1 aliphatic heterocycles. The van der Waals surface area contributed by atoms with Crippen molar-refractivity contribution in [1.29, 1.82) is 0 Å². The SMILES string of the molecule is CCOC(=O)C1=C(C)NC(SCC(=O)Nc2ccccc2)=N[C@H]1c1cccs1. The molecule has 0 aliphatic carbocycles. The van der Waals surface area contributed by atoms with Gasteiger partial charge in [-0.2, -0.15) is 0 Å². The molecule has 0 bridgehead atoms. The maximum atomic E-state index is 12.4. The van der Waals surface area contributed by atoms with Gasteiger partial charge in [0.2, 0.25) is 5.91 Å². The summed E-state index contributed by atoms with van der Waals surface area (Å²) in [7, 11) is 0. The zero-order valence-corrected chi connectivity index (χ0v) is 17.2. The number of ether oxygens (including phenoxy) is 1. The highest BCUT2D eigenvalue weighted by molar-refractivity contribution is 8.14. The number of anilines is 1. The fourth-order valence-electron chi connectivity index (χ4n) is 2.70. The number of esters is 1. The van der Waals surface area contributed by atoms with Crippen LogP contribution < -0.4 is 10.6 Å². The van der Waals surface area contributed by atoms with Crippen LogP contribution in [0.25, 0.3) is 0 Å². The van der Waals surface area contributed by atoms with E-state index in [0.29, 0.717) is 23.0 Å². The number of amidine groups is 1. The van der Waals surface area contributed by atoms with Crippen molar-refractivity contribution >= 4 is 45.8 Å². The van der Waals surface area contributed by atoms with Gasteiger partial charge in [-0.1, -0.05) is 36.0 Å². The number of allylic oxidation sites excluding steroid dienone is 1.